The lowest BCUT2D eigenvalue weighted by molar-refractivity contribution is 0.242. The van der Waals surface area contributed by atoms with E-state index in [1.54, 1.807) is 16.8 Å². The van der Waals surface area contributed by atoms with Gasteiger partial charge in [-0.05, 0) is 33.6 Å². The highest BCUT2D eigenvalue weighted by Gasteiger charge is 2.18. The zero-order valence-electron chi connectivity index (χ0n) is 10.7. The molecular formula is C11H21N5S. The van der Waals surface area contributed by atoms with Gasteiger partial charge in [0.25, 0.3) is 0 Å². The third kappa shape index (κ3) is 3.90. The Labute approximate surface area is 107 Å². The van der Waals surface area contributed by atoms with Crippen LogP contribution in [0.1, 0.15) is 6.42 Å². The number of anilines is 1. The second-order valence-corrected chi connectivity index (χ2v) is 5.52. The first-order valence-electron chi connectivity index (χ1n) is 6.14. The molecule has 0 atom stereocenters. The molecule has 1 aliphatic rings. The van der Waals surface area contributed by atoms with Gasteiger partial charge in [0, 0.05) is 26.2 Å². The van der Waals surface area contributed by atoms with E-state index in [4.69, 9.17) is 0 Å². The fraction of sp³-hybridized carbons (Fsp3) is 0.818. The lowest BCUT2D eigenvalue weighted by Crippen LogP contribution is -2.46. The van der Waals surface area contributed by atoms with Crippen molar-refractivity contribution in [2.24, 2.45) is 0 Å². The number of nitrogens with zero attached hydrogens (tertiary/aromatic N) is 5. The van der Waals surface area contributed by atoms with Crippen molar-refractivity contribution in [1.82, 2.24) is 20.0 Å². The summed E-state index contributed by atoms with van der Waals surface area (Å²) in [5.74, 6) is 0. The highest BCUT2D eigenvalue weighted by atomic mass is 32.1. The molecular weight excluding hydrogens is 234 g/mol. The molecule has 1 aromatic heterocycles. The van der Waals surface area contributed by atoms with Crippen molar-refractivity contribution in [3.63, 3.8) is 0 Å². The summed E-state index contributed by atoms with van der Waals surface area (Å²) in [5.41, 5.74) is 1.80. The van der Waals surface area contributed by atoms with Crippen molar-refractivity contribution in [1.29, 1.82) is 0 Å². The molecule has 6 heteroatoms. The standard InChI is InChI=1S/C11H21N5S/c1-14(2)4-3-5-15-6-8-16(9-7-15)11-13-12-10-17-11/h10H,3-9H2,1-2H3. The summed E-state index contributed by atoms with van der Waals surface area (Å²) in [6.07, 6.45) is 1.26. The molecule has 1 saturated heterocycles. The van der Waals surface area contributed by atoms with Gasteiger partial charge in [-0.15, -0.1) is 10.2 Å². The number of hydrogen-bond donors (Lipinski definition) is 0. The molecule has 1 aromatic rings. The van der Waals surface area contributed by atoms with Gasteiger partial charge in [0.1, 0.15) is 5.51 Å². The van der Waals surface area contributed by atoms with Crippen molar-refractivity contribution in [3.05, 3.63) is 5.51 Å². The summed E-state index contributed by atoms with van der Waals surface area (Å²) < 4.78 is 0. The van der Waals surface area contributed by atoms with Crippen LogP contribution in [0.5, 0.6) is 0 Å². The molecule has 0 N–H and O–H groups in total. The van der Waals surface area contributed by atoms with E-state index >= 15 is 0 Å². The van der Waals surface area contributed by atoms with E-state index in [1.807, 2.05) is 0 Å². The Morgan fingerprint density at radius 2 is 2.06 bits per heavy atom. The number of piperazine rings is 1. The average Bonchev–Trinajstić information content (AvgIpc) is 2.83. The van der Waals surface area contributed by atoms with Crippen molar-refractivity contribution < 1.29 is 0 Å². The van der Waals surface area contributed by atoms with Crippen molar-refractivity contribution in [3.8, 4) is 0 Å². The van der Waals surface area contributed by atoms with Crippen LogP contribution in [0.2, 0.25) is 0 Å². The van der Waals surface area contributed by atoms with Crippen LogP contribution >= 0.6 is 11.3 Å². The van der Waals surface area contributed by atoms with E-state index in [0.29, 0.717) is 0 Å². The van der Waals surface area contributed by atoms with Gasteiger partial charge in [-0.25, -0.2) is 0 Å². The normalized spacial score (nSPS) is 17.9. The quantitative estimate of drug-likeness (QED) is 0.770. The second-order valence-electron chi connectivity index (χ2n) is 4.71. The molecule has 0 amide bonds. The predicted molar refractivity (Wildman–Crippen MR) is 71.7 cm³/mol. The van der Waals surface area contributed by atoms with Crippen molar-refractivity contribution in [2.75, 3.05) is 58.3 Å². The summed E-state index contributed by atoms with van der Waals surface area (Å²) in [4.78, 5) is 7.12. The van der Waals surface area contributed by atoms with E-state index in [0.717, 1.165) is 31.3 Å². The van der Waals surface area contributed by atoms with Crippen LogP contribution < -0.4 is 4.90 Å². The van der Waals surface area contributed by atoms with E-state index in [9.17, 15) is 0 Å². The average molecular weight is 255 g/mol. The molecule has 0 spiro atoms. The van der Waals surface area contributed by atoms with Crippen LogP contribution in [0.15, 0.2) is 5.51 Å². The smallest absolute Gasteiger partial charge is 0.208 e. The fourth-order valence-electron chi connectivity index (χ4n) is 2.08. The van der Waals surface area contributed by atoms with Crippen molar-refractivity contribution >= 4 is 16.5 Å². The maximum absolute atomic E-state index is 4.12. The number of hydrogen-bond acceptors (Lipinski definition) is 6. The molecule has 0 bridgehead atoms. The van der Waals surface area contributed by atoms with E-state index in [-0.39, 0.29) is 0 Å². The molecule has 0 radical (unpaired) electrons. The van der Waals surface area contributed by atoms with Crippen LogP contribution in [-0.2, 0) is 0 Å². The first-order chi connectivity index (χ1) is 8.25. The minimum Gasteiger partial charge on any atom is -0.344 e. The SMILES string of the molecule is CN(C)CCCN1CCN(c2nncs2)CC1. The fourth-order valence-corrected chi connectivity index (χ4v) is 2.69. The first-order valence-corrected chi connectivity index (χ1v) is 7.02. The Morgan fingerprint density at radius 3 is 2.65 bits per heavy atom. The van der Waals surface area contributed by atoms with Crippen molar-refractivity contribution in [2.45, 2.75) is 6.42 Å². The molecule has 0 aromatic carbocycles. The number of rotatable bonds is 5. The topological polar surface area (TPSA) is 35.5 Å². The van der Waals surface area contributed by atoms with Crippen LogP contribution in [0, 0.1) is 0 Å². The Bertz CT molecular complexity index is 306. The van der Waals surface area contributed by atoms with E-state index < -0.39 is 0 Å². The Kier molecular flexibility index (Phi) is 4.70. The van der Waals surface area contributed by atoms with Crippen LogP contribution in [-0.4, -0.2) is 73.4 Å². The highest BCUT2D eigenvalue weighted by molar-refractivity contribution is 7.13. The summed E-state index contributed by atoms with van der Waals surface area (Å²) in [5, 5.41) is 9.08. The third-order valence-corrected chi connectivity index (χ3v) is 3.82. The molecule has 2 heterocycles. The highest BCUT2D eigenvalue weighted by Crippen LogP contribution is 2.17. The molecule has 1 fully saturated rings. The zero-order chi connectivity index (χ0) is 12.1. The minimum absolute atomic E-state index is 1.07. The maximum Gasteiger partial charge on any atom is 0.208 e. The molecule has 96 valence electrons. The first kappa shape index (κ1) is 12.7. The van der Waals surface area contributed by atoms with Gasteiger partial charge in [0.2, 0.25) is 5.13 Å². The van der Waals surface area contributed by atoms with Gasteiger partial charge < -0.3 is 9.80 Å². The van der Waals surface area contributed by atoms with Crippen LogP contribution in [0.25, 0.3) is 0 Å². The minimum atomic E-state index is 1.07. The summed E-state index contributed by atoms with van der Waals surface area (Å²) in [6, 6.07) is 0. The van der Waals surface area contributed by atoms with Crippen LogP contribution in [0.4, 0.5) is 5.13 Å². The summed E-state index contributed by atoms with van der Waals surface area (Å²) in [7, 11) is 4.26. The van der Waals surface area contributed by atoms with E-state index in [2.05, 4.69) is 39.0 Å². The van der Waals surface area contributed by atoms with Gasteiger partial charge >= 0.3 is 0 Å². The van der Waals surface area contributed by atoms with E-state index in [1.165, 1.54) is 19.5 Å². The third-order valence-electron chi connectivity index (χ3n) is 3.07. The van der Waals surface area contributed by atoms with Gasteiger partial charge in [0.05, 0.1) is 0 Å². The molecule has 0 saturated carbocycles. The van der Waals surface area contributed by atoms with Gasteiger partial charge in [-0.1, -0.05) is 11.3 Å². The largest absolute Gasteiger partial charge is 0.344 e. The zero-order valence-corrected chi connectivity index (χ0v) is 11.5. The Hall–Kier alpha value is -0.720. The lowest BCUT2D eigenvalue weighted by Gasteiger charge is -2.34. The monoisotopic (exact) mass is 255 g/mol. The molecule has 17 heavy (non-hydrogen) atoms. The Balaban J connectivity index is 1.68. The molecule has 2 rings (SSSR count). The van der Waals surface area contributed by atoms with Crippen LogP contribution in [0.3, 0.4) is 0 Å². The summed E-state index contributed by atoms with van der Waals surface area (Å²) in [6.45, 7) is 6.84. The van der Waals surface area contributed by atoms with Gasteiger partial charge in [0.15, 0.2) is 0 Å². The van der Waals surface area contributed by atoms with Gasteiger partial charge in [-0.3, -0.25) is 4.90 Å². The Morgan fingerprint density at radius 1 is 1.29 bits per heavy atom. The lowest BCUT2D eigenvalue weighted by atomic mass is 10.3. The summed E-state index contributed by atoms with van der Waals surface area (Å²) >= 11 is 1.63. The molecule has 5 nitrogen and oxygen atoms in total. The second kappa shape index (κ2) is 6.28. The molecule has 0 unspecified atom stereocenters. The molecule has 1 aliphatic heterocycles. The maximum atomic E-state index is 4.12. The molecule has 0 aliphatic carbocycles. The predicted octanol–water partition coefficient (Wildman–Crippen LogP) is 0.612. The van der Waals surface area contributed by atoms with Gasteiger partial charge in [-0.2, -0.15) is 0 Å². The number of aromatic nitrogens is 2.